The van der Waals surface area contributed by atoms with E-state index < -0.39 is 17.5 Å². The van der Waals surface area contributed by atoms with Crippen molar-refractivity contribution < 1.29 is 13.6 Å². The fourth-order valence-electron chi connectivity index (χ4n) is 2.02. The van der Waals surface area contributed by atoms with Crippen molar-refractivity contribution in [3.05, 3.63) is 76.2 Å². The maximum Gasteiger partial charge on any atom is 0.256 e. The van der Waals surface area contributed by atoms with Crippen molar-refractivity contribution in [2.75, 3.05) is 5.32 Å². The first-order valence-corrected chi connectivity index (χ1v) is 8.91. The van der Waals surface area contributed by atoms with Gasteiger partial charge in [-0.2, -0.15) is 0 Å². The fourth-order valence-corrected chi connectivity index (χ4v) is 3.64. The highest BCUT2D eigenvalue weighted by atomic mass is 32.2. The molecule has 122 valence electrons. The minimum Gasteiger partial charge on any atom is -0.319 e. The molecule has 0 fully saturated rings. The van der Waals surface area contributed by atoms with Gasteiger partial charge in [0.2, 0.25) is 0 Å². The summed E-state index contributed by atoms with van der Waals surface area (Å²) in [4.78, 5) is 17.4. The summed E-state index contributed by atoms with van der Waals surface area (Å²) in [7, 11) is 0. The highest BCUT2D eigenvalue weighted by Crippen LogP contribution is 2.27. The molecule has 24 heavy (non-hydrogen) atoms. The molecule has 0 aliphatic rings. The molecule has 0 saturated carbocycles. The second-order valence-corrected chi connectivity index (χ2v) is 6.58. The van der Waals surface area contributed by atoms with Crippen molar-refractivity contribution in [2.45, 2.75) is 10.6 Å². The lowest BCUT2D eigenvalue weighted by atomic mass is 10.2. The van der Waals surface area contributed by atoms with Gasteiger partial charge in [-0.3, -0.25) is 4.79 Å². The fraction of sp³-hybridized carbons (Fsp3) is 0.0588. The van der Waals surface area contributed by atoms with E-state index in [2.05, 4.69) is 10.3 Å². The van der Waals surface area contributed by atoms with Crippen molar-refractivity contribution in [3.8, 4) is 0 Å². The van der Waals surface area contributed by atoms with Gasteiger partial charge >= 0.3 is 0 Å². The van der Waals surface area contributed by atoms with Gasteiger partial charge < -0.3 is 5.32 Å². The number of rotatable bonds is 5. The molecule has 3 aromatic rings. The van der Waals surface area contributed by atoms with Crippen LogP contribution in [0.25, 0.3) is 0 Å². The van der Waals surface area contributed by atoms with E-state index in [1.807, 2.05) is 17.5 Å². The number of thioether (sulfide) groups is 1. The number of nitrogens with zero attached hydrogens (tertiary/aromatic N) is 1. The monoisotopic (exact) mass is 362 g/mol. The molecule has 1 heterocycles. The van der Waals surface area contributed by atoms with Crippen molar-refractivity contribution in [1.82, 2.24) is 4.98 Å². The van der Waals surface area contributed by atoms with Gasteiger partial charge in [-0.05, 0) is 24.3 Å². The van der Waals surface area contributed by atoms with Gasteiger partial charge in [0.05, 0.1) is 22.5 Å². The number of anilines is 1. The highest BCUT2D eigenvalue weighted by molar-refractivity contribution is 7.98. The maximum atomic E-state index is 13.7. The third-order valence-corrected chi connectivity index (χ3v) is 4.91. The summed E-state index contributed by atoms with van der Waals surface area (Å²) in [6.07, 6.45) is 0. The lowest BCUT2D eigenvalue weighted by Crippen LogP contribution is -2.14. The van der Waals surface area contributed by atoms with Crippen LogP contribution in [-0.4, -0.2) is 10.9 Å². The van der Waals surface area contributed by atoms with Gasteiger partial charge in [-0.1, -0.05) is 12.1 Å². The van der Waals surface area contributed by atoms with Gasteiger partial charge in [0.25, 0.3) is 5.91 Å². The Labute approximate surface area is 145 Å². The molecule has 1 aromatic heterocycles. The van der Waals surface area contributed by atoms with Gasteiger partial charge in [-0.15, -0.1) is 23.1 Å². The van der Waals surface area contributed by atoms with E-state index in [0.717, 1.165) is 22.7 Å². The molecule has 1 N–H and O–H groups in total. The smallest absolute Gasteiger partial charge is 0.256 e. The zero-order valence-electron chi connectivity index (χ0n) is 12.3. The Balaban J connectivity index is 1.77. The van der Waals surface area contributed by atoms with E-state index in [4.69, 9.17) is 0 Å². The van der Waals surface area contributed by atoms with Crippen molar-refractivity contribution in [1.29, 1.82) is 0 Å². The van der Waals surface area contributed by atoms with Crippen LogP contribution in [0.2, 0.25) is 0 Å². The topological polar surface area (TPSA) is 42.0 Å². The van der Waals surface area contributed by atoms with E-state index in [1.165, 1.54) is 29.2 Å². The number of carbonyl (C=O) groups excluding carboxylic acids is 1. The SMILES string of the molecule is O=C(Nc1ccc(F)cc1F)c1ccccc1SCc1cscn1. The summed E-state index contributed by atoms with van der Waals surface area (Å²) < 4.78 is 26.6. The number of thiazole rings is 1. The average molecular weight is 362 g/mol. The van der Waals surface area contributed by atoms with Crippen molar-refractivity contribution in [3.63, 3.8) is 0 Å². The first-order valence-electron chi connectivity index (χ1n) is 6.99. The molecule has 3 rings (SSSR count). The molecule has 0 radical (unpaired) electrons. The molecular formula is C17H12F2N2OS2. The molecule has 0 aliphatic carbocycles. The van der Waals surface area contributed by atoms with E-state index >= 15 is 0 Å². The van der Waals surface area contributed by atoms with E-state index in [0.29, 0.717) is 11.3 Å². The van der Waals surface area contributed by atoms with Crippen LogP contribution in [0.15, 0.2) is 58.3 Å². The molecule has 0 spiro atoms. The minimum atomic E-state index is -0.809. The van der Waals surface area contributed by atoms with E-state index in [1.54, 1.807) is 17.6 Å². The first kappa shape index (κ1) is 16.6. The van der Waals surface area contributed by atoms with Crippen LogP contribution >= 0.6 is 23.1 Å². The number of halogens is 2. The molecule has 1 amide bonds. The Kier molecular flexibility index (Phi) is 5.22. The minimum absolute atomic E-state index is 0.0549. The molecule has 2 aromatic carbocycles. The van der Waals surface area contributed by atoms with Crippen LogP contribution in [0.3, 0.4) is 0 Å². The Morgan fingerprint density at radius 1 is 1.21 bits per heavy atom. The highest BCUT2D eigenvalue weighted by Gasteiger charge is 2.14. The summed E-state index contributed by atoms with van der Waals surface area (Å²) >= 11 is 2.99. The summed E-state index contributed by atoms with van der Waals surface area (Å²) in [5, 5.41) is 4.43. The number of aromatic nitrogens is 1. The largest absolute Gasteiger partial charge is 0.319 e. The quantitative estimate of drug-likeness (QED) is 0.652. The van der Waals surface area contributed by atoms with Gasteiger partial charge in [0.1, 0.15) is 11.6 Å². The number of carbonyl (C=O) groups is 1. The second kappa shape index (κ2) is 7.55. The lowest BCUT2D eigenvalue weighted by molar-refractivity contribution is 0.102. The molecule has 3 nitrogen and oxygen atoms in total. The third-order valence-electron chi connectivity index (χ3n) is 3.17. The van der Waals surface area contributed by atoms with Crippen LogP contribution in [0.1, 0.15) is 16.1 Å². The molecule has 0 saturated heterocycles. The summed E-state index contributed by atoms with van der Waals surface area (Å²) in [6.45, 7) is 0. The summed E-state index contributed by atoms with van der Waals surface area (Å²) in [6, 6.07) is 10.1. The summed E-state index contributed by atoms with van der Waals surface area (Å²) in [5.74, 6) is -1.30. The third kappa shape index (κ3) is 3.98. The Morgan fingerprint density at radius 2 is 2.04 bits per heavy atom. The predicted molar refractivity (Wildman–Crippen MR) is 92.4 cm³/mol. The van der Waals surface area contributed by atoms with Gasteiger partial charge in [0.15, 0.2) is 0 Å². The zero-order valence-corrected chi connectivity index (χ0v) is 14.0. The normalized spacial score (nSPS) is 10.6. The van der Waals surface area contributed by atoms with Crippen LogP contribution in [0.4, 0.5) is 14.5 Å². The number of hydrogen-bond donors (Lipinski definition) is 1. The second-order valence-electron chi connectivity index (χ2n) is 4.84. The molecule has 0 unspecified atom stereocenters. The van der Waals surface area contributed by atoms with Crippen LogP contribution < -0.4 is 5.32 Å². The first-order chi connectivity index (χ1) is 11.6. The van der Waals surface area contributed by atoms with Crippen molar-refractivity contribution >= 4 is 34.7 Å². The number of hydrogen-bond acceptors (Lipinski definition) is 4. The Morgan fingerprint density at radius 3 is 2.79 bits per heavy atom. The molecular weight excluding hydrogens is 350 g/mol. The van der Waals surface area contributed by atoms with Gasteiger partial charge in [0, 0.05) is 22.1 Å². The molecule has 0 bridgehead atoms. The van der Waals surface area contributed by atoms with E-state index in [-0.39, 0.29) is 5.69 Å². The predicted octanol–water partition coefficient (Wildman–Crippen LogP) is 4.97. The van der Waals surface area contributed by atoms with Crippen LogP contribution in [0.5, 0.6) is 0 Å². The number of benzene rings is 2. The lowest BCUT2D eigenvalue weighted by Gasteiger charge is -2.10. The number of amides is 1. The number of nitrogens with one attached hydrogen (secondary N) is 1. The van der Waals surface area contributed by atoms with Gasteiger partial charge in [-0.25, -0.2) is 13.8 Å². The van der Waals surface area contributed by atoms with Crippen molar-refractivity contribution in [2.24, 2.45) is 0 Å². The Hall–Kier alpha value is -2.25. The summed E-state index contributed by atoms with van der Waals surface area (Å²) in [5.41, 5.74) is 3.07. The molecule has 0 atom stereocenters. The van der Waals surface area contributed by atoms with E-state index in [9.17, 15) is 13.6 Å². The molecule has 0 aliphatic heterocycles. The van der Waals surface area contributed by atoms with Crippen LogP contribution in [0, 0.1) is 11.6 Å². The molecule has 7 heteroatoms. The Bertz CT molecular complexity index is 854. The average Bonchev–Trinajstić information content (AvgIpc) is 3.09. The zero-order chi connectivity index (χ0) is 16.9. The standard InChI is InChI=1S/C17H12F2N2OS2/c18-11-5-6-15(14(19)7-11)21-17(22)13-3-1-2-4-16(13)24-9-12-8-23-10-20-12/h1-8,10H,9H2,(H,21,22). The van der Waals surface area contributed by atoms with Crippen LogP contribution in [-0.2, 0) is 5.75 Å². The maximum absolute atomic E-state index is 13.7.